The number of aryl methyl sites for hydroxylation is 1. The zero-order valence-electron chi connectivity index (χ0n) is 12.3. The summed E-state index contributed by atoms with van der Waals surface area (Å²) in [5.74, 6) is 2.09. The quantitative estimate of drug-likeness (QED) is 0.941. The van der Waals surface area contributed by atoms with Crippen molar-refractivity contribution < 1.29 is 0 Å². The molecular weight excluding hydrogens is 272 g/mol. The van der Waals surface area contributed by atoms with E-state index < -0.39 is 0 Å². The first-order valence-corrected chi connectivity index (χ1v) is 7.79. The second-order valence-electron chi connectivity index (χ2n) is 6.26. The molecule has 2 aromatic heterocycles. The minimum Gasteiger partial charge on any atom is -0.350 e. The minimum atomic E-state index is 0.0386. The van der Waals surface area contributed by atoms with Gasteiger partial charge in [0.2, 0.25) is 5.13 Å². The number of fused-ring (bicyclic) bond motifs is 1. The number of hydrogen-bond donors (Lipinski definition) is 1. The van der Waals surface area contributed by atoms with Crippen LogP contribution in [-0.2, 0) is 18.4 Å². The van der Waals surface area contributed by atoms with Crippen molar-refractivity contribution >= 4 is 16.5 Å². The van der Waals surface area contributed by atoms with Gasteiger partial charge < -0.3 is 9.88 Å². The van der Waals surface area contributed by atoms with E-state index in [0.29, 0.717) is 0 Å². The van der Waals surface area contributed by atoms with Crippen LogP contribution < -0.4 is 5.32 Å². The summed E-state index contributed by atoms with van der Waals surface area (Å²) in [6.07, 6.45) is 2.20. The summed E-state index contributed by atoms with van der Waals surface area (Å²) in [6.45, 7) is 9.55. The highest BCUT2D eigenvalue weighted by atomic mass is 32.1. The number of nitrogens with zero attached hydrogens (tertiary/aromatic N) is 5. The third kappa shape index (κ3) is 2.42. The highest BCUT2D eigenvalue weighted by Crippen LogP contribution is 2.30. The maximum absolute atomic E-state index is 4.30. The zero-order valence-corrected chi connectivity index (χ0v) is 13.2. The molecule has 0 fully saturated rings. The van der Waals surface area contributed by atoms with Crippen molar-refractivity contribution in [1.82, 2.24) is 25.0 Å². The van der Waals surface area contributed by atoms with Crippen LogP contribution in [0.3, 0.4) is 0 Å². The van der Waals surface area contributed by atoms with E-state index in [0.717, 1.165) is 41.2 Å². The predicted molar refractivity (Wildman–Crippen MR) is 79.0 cm³/mol. The molecule has 0 spiro atoms. The van der Waals surface area contributed by atoms with Gasteiger partial charge >= 0.3 is 0 Å². The Morgan fingerprint density at radius 2 is 2.00 bits per heavy atom. The van der Waals surface area contributed by atoms with Crippen molar-refractivity contribution in [1.29, 1.82) is 0 Å². The Labute approximate surface area is 122 Å². The standard InChI is InChI=1S/C13H20N6S/c1-8(10-16-15-9-6-5-7-19(9)10)14-12-18-17-11(20-12)13(2,3)4/h8H,5-7H2,1-4H3,(H,14,18). The van der Waals surface area contributed by atoms with Crippen LogP contribution in [-0.4, -0.2) is 25.0 Å². The van der Waals surface area contributed by atoms with E-state index in [2.05, 4.69) is 58.0 Å². The fourth-order valence-electron chi connectivity index (χ4n) is 2.33. The molecule has 3 rings (SSSR count). The SMILES string of the molecule is CC(Nc1nnc(C(C)(C)C)s1)c1nnc2n1CCC2. The molecule has 3 heterocycles. The van der Waals surface area contributed by atoms with E-state index in [1.54, 1.807) is 11.3 Å². The largest absolute Gasteiger partial charge is 0.350 e. The van der Waals surface area contributed by atoms with Crippen LogP contribution in [0.4, 0.5) is 5.13 Å². The Morgan fingerprint density at radius 3 is 2.70 bits per heavy atom. The first-order valence-electron chi connectivity index (χ1n) is 6.97. The van der Waals surface area contributed by atoms with E-state index in [1.807, 2.05) is 0 Å². The van der Waals surface area contributed by atoms with Gasteiger partial charge in [-0.05, 0) is 13.3 Å². The Morgan fingerprint density at radius 1 is 1.20 bits per heavy atom. The molecule has 7 heteroatoms. The van der Waals surface area contributed by atoms with Gasteiger partial charge in [-0.3, -0.25) is 0 Å². The van der Waals surface area contributed by atoms with Crippen LogP contribution in [0.25, 0.3) is 0 Å². The topological polar surface area (TPSA) is 68.5 Å². The molecule has 0 radical (unpaired) electrons. The lowest BCUT2D eigenvalue weighted by Crippen LogP contribution is -2.13. The van der Waals surface area contributed by atoms with Crippen LogP contribution in [0.2, 0.25) is 0 Å². The second kappa shape index (κ2) is 4.80. The molecule has 0 aromatic carbocycles. The summed E-state index contributed by atoms with van der Waals surface area (Å²) in [4.78, 5) is 0. The van der Waals surface area contributed by atoms with Crippen molar-refractivity contribution in [3.8, 4) is 0 Å². The average Bonchev–Trinajstić information content (AvgIpc) is 3.01. The fraction of sp³-hybridized carbons (Fsp3) is 0.692. The smallest absolute Gasteiger partial charge is 0.206 e. The maximum atomic E-state index is 4.30. The lowest BCUT2D eigenvalue weighted by atomic mass is 9.98. The van der Waals surface area contributed by atoms with Crippen LogP contribution in [0.5, 0.6) is 0 Å². The van der Waals surface area contributed by atoms with Crippen LogP contribution in [0.1, 0.15) is 56.8 Å². The molecule has 2 aromatic rings. The molecule has 1 aliphatic heterocycles. The summed E-state index contributed by atoms with van der Waals surface area (Å²) >= 11 is 1.61. The third-order valence-corrected chi connectivity index (χ3v) is 4.71. The molecule has 1 aliphatic rings. The van der Waals surface area contributed by atoms with Gasteiger partial charge in [-0.2, -0.15) is 0 Å². The van der Waals surface area contributed by atoms with Crippen LogP contribution in [0.15, 0.2) is 0 Å². The van der Waals surface area contributed by atoms with E-state index in [1.165, 1.54) is 0 Å². The average molecular weight is 292 g/mol. The van der Waals surface area contributed by atoms with E-state index in [4.69, 9.17) is 0 Å². The van der Waals surface area contributed by atoms with Crippen molar-refractivity contribution in [3.63, 3.8) is 0 Å². The molecule has 0 saturated carbocycles. The second-order valence-corrected chi connectivity index (χ2v) is 7.24. The summed E-state index contributed by atoms with van der Waals surface area (Å²) in [7, 11) is 0. The molecule has 6 nitrogen and oxygen atoms in total. The molecule has 1 N–H and O–H groups in total. The lowest BCUT2D eigenvalue weighted by Gasteiger charge is -2.13. The Bertz CT molecular complexity index is 609. The van der Waals surface area contributed by atoms with Gasteiger partial charge in [-0.15, -0.1) is 20.4 Å². The molecule has 0 amide bonds. The van der Waals surface area contributed by atoms with Gasteiger partial charge in [-0.25, -0.2) is 0 Å². The predicted octanol–water partition coefficient (Wildman–Crippen LogP) is 2.55. The molecule has 108 valence electrons. The Balaban J connectivity index is 1.76. The highest BCUT2D eigenvalue weighted by molar-refractivity contribution is 7.15. The molecule has 0 bridgehead atoms. The zero-order chi connectivity index (χ0) is 14.3. The van der Waals surface area contributed by atoms with Gasteiger partial charge in [0.1, 0.15) is 10.8 Å². The van der Waals surface area contributed by atoms with Crippen LogP contribution in [0, 0.1) is 0 Å². The lowest BCUT2D eigenvalue weighted by molar-refractivity contribution is 0.578. The van der Waals surface area contributed by atoms with Crippen molar-refractivity contribution in [2.24, 2.45) is 0 Å². The monoisotopic (exact) mass is 292 g/mol. The summed E-state index contributed by atoms with van der Waals surface area (Å²) < 4.78 is 2.21. The number of hydrogen-bond acceptors (Lipinski definition) is 6. The molecule has 20 heavy (non-hydrogen) atoms. The van der Waals surface area contributed by atoms with Crippen molar-refractivity contribution in [2.75, 3.05) is 5.32 Å². The van der Waals surface area contributed by atoms with E-state index in [9.17, 15) is 0 Å². The van der Waals surface area contributed by atoms with E-state index in [-0.39, 0.29) is 11.5 Å². The van der Waals surface area contributed by atoms with Crippen LogP contribution >= 0.6 is 11.3 Å². The van der Waals surface area contributed by atoms with Gasteiger partial charge in [0, 0.05) is 18.4 Å². The summed E-state index contributed by atoms with van der Waals surface area (Å²) in [5, 5.41) is 22.3. The first-order chi connectivity index (χ1) is 9.45. The van der Waals surface area contributed by atoms with Crippen molar-refractivity contribution in [2.45, 2.75) is 58.5 Å². The fourth-order valence-corrected chi connectivity index (χ4v) is 3.22. The minimum absolute atomic E-state index is 0.0386. The Hall–Kier alpha value is -1.50. The first kappa shape index (κ1) is 13.5. The van der Waals surface area contributed by atoms with Gasteiger partial charge in [0.25, 0.3) is 0 Å². The summed E-state index contributed by atoms with van der Waals surface area (Å²) in [6, 6.07) is 0.0927. The number of nitrogens with one attached hydrogen (secondary N) is 1. The normalized spacial score (nSPS) is 16.2. The number of anilines is 1. The molecular formula is C13H20N6S. The van der Waals surface area contributed by atoms with Gasteiger partial charge in [0.15, 0.2) is 5.82 Å². The maximum Gasteiger partial charge on any atom is 0.206 e. The highest BCUT2D eigenvalue weighted by Gasteiger charge is 2.23. The Kier molecular flexibility index (Phi) is 3.24. The number of aromatic nitrogens is 5. The van der Waals surface area contributed by atoms with E-state index >= 15 is 0 Å². The molecule has 1 unspecified atom stereocenters. The summed E-state index contributed by atoms with van der Waals surface area (Å²) in [5.41, 5.74) is 0.0386. The van der Waals surface area contributed by atoms with Crippen molar-refractivity contribution in [3.05, 3.63) is 16.7 Å². The molecule has 1 atom stereocenters. The number of rotatable bonds is 3. The van der Waals surface area contributed by atoms with Gasteiger partial charge in [-0.1, -0.05) is 32.1 Å². The van der Waals surface area contributed by atoms with Gasteiger partial charge in [0.05, 0.1) is 6.04 Å². The molecule has 0 saturated heterocycles. The molecule has 0 aliphatic carbocycles. The third-order valence-electron chi connectivity index (χ3n) is 3.43.